The van der Waals surface area contributed by atoms with Gasteiger partial charge in [0.25, 0.3) is 0 Å². The largest absolute Gasteiger partial charge is 0.467 e. The normalized spacial score (nSPS) is 16.2. The molecule has 1 N–H and O–H groups in total. The number of benzene rings is 1. The van der Waals surface area contributed by atoms with Crippen molar-refractivity contribution in [2.45, 2.75) is 18.9 Å². The van der Waals surface area contributed by atoms with Gasteiger partial charge in [-0.1, -0.05) is 0 Å². The van der Waals surface area contributed by atoms with E-state index in [2.05, 4.69) is 26.0 Å². The molecule has 98 valence electrons. The van der Waals surface area contributed by atoms with E-state index >= 15 is 0 Å². The second kappa shape index (κ2) is 5.22. The molecule has 1 aromatic carbocycles. The highest BCUT2D eigenvalue weighted by molar-refractivity contribution is 9.10. The van der Waals surface area contributed by atoms with Crippen molar-refractivity contribution in [1.29, 1.82) is 0 Å². The smallest absolute Gasteiger partial charge is 0.328 e. The predicted octanol–water partition coefficient (Wildman–Crippen LogP) is 3.09. The van der Waals surface area contributed by atoms with Crippen molar-refractivity contribution in [3.63, 3.8) is 0 Å². The number of hydrogen-bond donors (Lipinski definition) is 1. The van der Waals surface area contributed by atoms with Crippen LogP contribution in [-0.4, -0.2) is 19.1 Å². The van der Waals surface area contributed by atoms with Crippen LogP contribution < -0.4 is 5.32 Å². The van der Waals surface area contributed by atoms with E-state index in [1.54, 1.807) is 0 Å². The summed E-state index contributed by atoms with van der Waals surface area (Å²) in [6.45, 7) is 0. The first-order chi connectivity index (χ1) is 8.52. The highest BCUT2D eigenvalue weighted by Crippen LogP contribution is 2.35. The Bertz CT molecular complexity index is 477. The van der Waals surface area contributed by atoms with E-state index in [1.165, 1.54) is 7.11 Å². The van der Waals surface area contributed by atoms with Crippen LogP contribution in [0.4, 0.5) is 14.5 Å². The van der Waals surface area contributed by atoms with Gasteiger partial charge in [0.1, 0.15) is 17.7 Å². The summed E-state index contributed by atoms with van der Waals surface area (Å²) in [5.74, 6) is -1.53. The fraction of sp³-hybridized carbons (Fsp3) is 0.417. The average molecular weight is 320 g/mol. The molecule has 0 aliphatic heterocycles. The first-order valence-corrected chi connectivity index (χ1v) is 6.31. The van der Waals surface area contributed by atoms with Gasteiger partial charge in [-0.05, 0) is 40.8 Å². The highest BCUT2D eigenvalue weighted by atomic mass is 79.9. The van der Waals surface area contributed by atoms with Gasteiger partial charge in [0.2, 0.25) is 0 Å². The molecule has 1 atom stereocenters. The SMILES string of the molecule is COC(=O)C(Nc1cc(F)c(Br)cc1F)C1CC1. The summed E-state index contributed by atoms with van der Waals surface area (Å²) < 4.78 is 31.7. The van der Waals surface area contributed by atoms with Gasteiger partial charge in [0.15, 0.2) is 0 Å². The third-order valence-electron chi connectivity index (χ3n) is 2.87. The predicted molar refractivity (Wildman–Crippen MR) is 66.2 cm³/mol. The van der Waals surface area contributed by atoms with E-state index < -0.39 is 23.6 Å². The molecule has 0 radical (unpaired) electrons. The molecule has 2 rings (SSSR count). The molecular weight excluding hydrogens is 308 g/mol. The molecule has 0 heterocycles. The zero-order valence-electron chi connectivity index (χ0n) is 9.67. The van der Waals surface area contributed by atoms with E-state index in [0.29, 0.717) is 0 Å². The Morgan fingerprint density at radius 2 is 2.11 bits per heavy atom. The van der Waals surface area contributed by atoms with Crippen molar-refractivity contribution in [1.82, 2.24) is 0 Å². The Morgan fingerprint density at radius 1 is 1.44 bits per heavy atom. The Hall–Kier alpha value is -1.17. The molecule has 0 bridgehead atoms. The molecule has 0 amide bonds. The number of carbonyl (C=O) groups excluding carboxylic acids is 1. The van der Waals surface area contributed by atoms with Crippen molar-refractivity contribution in [3.8, 4) is 0 Å². The lowest BCUT2D eigenvalue weighted by Crippen LogP contribution is -2.33. The molecule has 1 aliphatic rings. The fourth-order valence-electron chi connectivity index (χ4n) is 1.73. The first-order valence-electron chi connectivity index (χ1n) is 5.52. The maximum absolute atomic E-state index is 13.6. The van der Waals surface area contributed by atoms with Crippen molar-refractivity contribution in [2.75, 3.05) is 12.4 Å². The van der Waals surface area contributed by atoms with Crippen LogP contribution in [0.1, 0.15) is 12.8 Å². The van der Waals surface area contributed by atoms with E-state index in [0.717, 1.165) is 25.0 Å². The van der Waals surface area contributed by atoms with Crippen LogP contribution in [0.2, 0.25) is 0 Å². The minimum atomic E-state index is -0.620. The summed E-state index contributed by atoms with van der Waals surface area (Å²) in [7, 11) is 1.28. The van der Waals surface area contributed by atoms with Crippen LogP contribution >= 0.6 is 15.9 Å². The van der Waals surface area contributed by atoms with Crippen LogP contribution in [-0.2, 0) is 9.53 Å². The number of carbonyl (C=O) groups is 1. The summed E-state index contributed by atoms with van der Waals surface area (Å²) in [6, 6.07) is 1.43. The molecule has 18 heavy (non-hydrogen) atoms. The highest BCUT2D eigenvalue weighted by Gasteiger charge is 2.37. The van der Waals surface area contributed by atoms with Gasteiger partial charge in [-0.15, -0.1) is 0 Å². The molecule has 1 saturated carbocycles. The third kappa shape index (κ3) is 2.80. The topological polar surface area (TPSA) is 38.3 Å². The van der Waals surface area contributed by atoms with Crippen molar-refractivity contribution >= 4 is 27.6 Å². The molecule has 0 saturated heterocycles. The Kier molecular flexibility index (Phi) is 3.85. The number of nitrogens with one attached hydrogen (secondary N) is 1. The van der Waals surface area contributed by atoms with Gasteiger partial charge in [0.05, 0.1) is 17.3 Å². The molecule has 1 aromatic rings. The van der Waals surface area contributed by atoms with Gasteiger partial charge in [0, 0.05) is 6.07 Å². The van der Waals surface area contributed by atoms with Crippen LogP contribution in [0, 0.1) is 17.6 Å². The lowest BCUT2D eigenvalue weighted by Gasteiger charge is -2.17. The quantitative estimate of drug-likeness (QED) is 0.684. The molecule has 1 fully saturated rings. The number of anilines is 1. The summed E-state index contributed by atoms with van der Waals surface area (Å²) in [5.41, 5.74) is -0.0296. The van der Waals surface area contributed by atoms with Crippen molar-refractivity contribution in [3.05, 3.63) is 28.2 Å². The monoisotopic (exact) mass is 319 g/mol. The van der Waals surface area contributed by atoms with Gasteiger partial charge < -0.3 is 10.1 Å². The first kappa shape index (κ1) is 13.3. The van der Waals surface area contributed by atoms with Gasteiger partial charge in [-0.3, -0.25) is 0 Å². The molecule has 0 spiro atoms. The maximum Gasteiger partial charge on any atom is 0.328 e. The minimum absolute atomic E-state index is 0.0296. The van der Waals surface area contributed by atoms with E-state index in [4.69, 9.17) is 0 Å². The van der Waals surface area contributed by atoms with Gasteiger partial charge >= 0.3 is 5.97 Å². The number of hydrogen-bond acceptors (Lipinski definition) is 3. The number of ether oxygens (including phenoxy) is 1. The molecule has 0 aromatic heterocycles. The molecule has 6 heteroatoms. The minimum Gasteiger partial charge on any atom is -0.467 e. The van der Waals surface area contributed by atoms with Gasteiger partial charge in [-0.25, -0.2) is 13.6 Å². The van der Waals surface area contributed by atoms with E-state index in [1.807, 2.05) is 0 Å². The number of esters is 1. The Balaban J connectivity index is 2.21. The van der Waals surface area contributed by atoms with E-state index in [-0.39, 0.29) is 16.1 Å². The lowest BCUT2D eigenvalue weighted by molar-refractivity contribution is -0.142. The van der Waals surface area contributed by atoms with Crippen LogP contribution in [0.15, 0.2) is 16.6 Å². The fourth-order valence-corrected chi connectivity index (χ4v) is 2.04. The number of methoxy groups -OCH3 is 1. The standard InChI is InChI=1S/C12H12BrF2NO2/c1-18-12(17)11(6-2-3-6)16-10-5-8(14)7(13)4-9(10)15/h4-6,11,16H,2-3H2,1H3. The van der Waals surface area contributed by atoms with Crippen LogP contribution in [0.5, 0.6) is 0 Å². The number of halogens is 3. The maximum atomic E-state index is 13.6. The Morgan fingerprint density at radius 3 is 2.67 bits per heavy atom. The lowest BCUT2D eigenvalue weighted by atomic mass is 10.1. The second-order valence-corrected chi connectivity index (χ2v) is 5.08. The summed E-state index contributed by atoms with van der Waals surface area (Å²) >= 11 is 2.90. The van der Waals surface area contributed by atoms with Crippen molar-refractivity contribution < 1.29 is 18.3 Å². The second-order valence-electron chi connectivity index (χ2n) is 4.23. The zero-order chi connectivity index (χ0) is 13.3. The molecular formula is C12H12BrF2NO2. The van der Waals surface area contributed by atoms with E-state index in [9.17, 15) is 13.6 Å². The van der Waals surface area contributed by atoms with Crippen LogP contribution in [0.3, 0.4) is 0 Å². The summed E-state index contributed by atoms with van der Waals surface area (Å²) in [6.07, 6.45) is 1.76. The van der Waals surface area contributed by atoms with Crippen molar-refractivity contribution in [2.24, 2.45) is 5.92 Å². The molecule has 1 unspecified atom stereocenters. The Labute approximate surface area is 112 Å². The summed E-state index contributed by atoms with van der Waals surface area (Å²) in [4.78, 5) is 11.6. The molecule has 1 aliphatic carbocycles. The van der Waals surface area contributed by atoms with Gasteiger partial charge in [-0.2, -0.15) is 0 Å². The molecule has 3 nitrogen and oxygen atoms in total. The zero-order valence-corrected chi connectivity index (χ0v) is 11.3. The number of rotatable bonds is 4. The average Bonchev–Trinajstić information content (AvgIpc) is 3.15. The van der Waals surface area contributed by atoms with Crippen LogP contribution in [0.25, 0.3) is 0 Å². The summed E-state index contributed by atoms with van der Waals surface area (Å²) in [5, 5.41) is 2.72. The third-order valence-corrected chi connectivity index (χ3v) is 3.48.